The maximum Gasteiger partial charge on any atom is 0.134 e. The van der Waals surface area contributed by atoms with Crippen molar-refractivity contribution in [2.75, 3.05) is 0 Å². The number of nitrogens with one attached hydrogen (secondary N) is 1. The van der Waals surface area contributed by atoms with Gasteiger partial charge in [-0.1, -0.05) is 25.1 Å². The van der Waals surface area contributed by atoms with Gasteiger partial charge in [0.25, 0.3) is 0 Å². The molecule has 1 N–H and O–H groups in total. The largest absolute Gasteiger partial charge is 0.461 e. The van der Waals surface area contributed by atoms with Gasteiger partial charge in [-0.2, -0.15) is 0 Å². The number of fused-ring (bicyclic) bond motifs is 1. The van der Waals surface area contributed by atoms with E-state index in [1.807, 2.05) is 18.3 Å². The zero-order valence-corrected chi connectivity index (χ0v) is 12.6. The lowest BCUT2D eigenvalue weighted by molar-refractivity contribution is 0.544. The number of thiazole rings is 1. The molecule has 0 fully saturated rings. The van der Waals surface area contributed by atoms with Gasteiger partial charge in [-0.25, -0.2) is 4.98 Å². The topological polar surface area (TPSA) is 38.1 Å². The van der Waals surface area contributed by atoms with E-state index in [1.54, 1.807) is 11.3 Å². The molecule has 0 aliphatic rings. The minimum Gasteiger partial charge on any atom is -0.461 e. The number of hydrogen-bond donors (Lipinski definition) is 1. The van der Waals surface area contributed by atoms with Crippen molar-refractivity contribution in [3.8, 4) is 0 Å². The first-order valence-corrected chi connectivity index (χ1v) is 7.71. The quantitative estimate of drug-likeness (QED) is 0.769. The smallest absolute Gasteiger partial charge is 0.134 e. The van der Waals surface area contributed by atoms with E-state index >= 15 is 0 Å². The molecule has 0 aliphatic heterocycles. The lowest BCUT2D eigenvalue weighted by atomic mass is 10.1. The van der Waals surface area contributed by atoms with Crippen molar-refractivity contribution in [1.82, 2.24) is 10.3 Å². The van der Waals surface area contributed by atoms with Crippen LogP contribution in [0.3, 0.4) is 0 Å². The molecule has 0 spiro atoms. The second kappa shape index (κ2) is 5.77. The normalized spacial score (nSPS) is 11.3. The molecule has 20 heavy (non-hydrogen) atoms. The molecule has 0 saturated heterocycles. The van der Waals surface area contributed by atoms with E-state index in [1.165, 1.54) is 15.8 Å². The SMILES string of the molecule is CCc1oc2ccccc2c1CNCc1ncc(C)s1. The monoisotopic (exact) mass is 286 g/mol. The van der Waals surface area contributed by atoms with Gasteiger partial charge in [-0.3, -0.25) is 0 Å². The van der Waals surface area contributed by atoms with Crippen molar-refractivity contribution >= 4 is 22.3 Å². The first kappa shape index (κ1) is 13.3. The molecular weight excluding hydrogens is 268 g/mol. The summed E-state index contributed by atoms with van der Waals surface area (Å²) in [4.78, 5) is 5.63. The van der Waals surface area contributed by atoms with Crippen LogP contribution in [0, 0.1) is 6.92 Å². The summed E-state index contributed by atoms with van der Waals surface area (Å²) in [6, 6.07) is 8.23. The van der Waals surface area contributed by atoms with Gasteiger partial charge in [0.15, 0.2) is 0 Å². The zero-order chi connectivity index (χ0) is 13.9. The zero-order valence-electron chi connectivity index (χ0n) is 11.8. The van der Waals surface area contributed by atoms with Crippen molar-refractivity contribution < 1.29 is 4.42 Å². The molecule has 0 bridgehead atoms. The van der Waals surface area contributed by atoms with E-state index in [0.29, 0.717) is 0 Å². The number of benzene rings is 1. The Morgan fingerprint density at radius 3 is 2.85 bits per heavy atom. The third kappa shape index (κ3) is 2.62. The highest BCUT2D eigenvalue weighted by molar-refractivity contribution is 7.11. The molecular formula is C16H18N2OS. The highest BCUT2D eigenvalue weighted by atomic mass is 32.1. The maximum atomic E-state index is 5.90. The van der Waals surface area contributed by atoms with Gasteiger partial charge in [0.2, 0.25) is 0 Å². The molecule has 0 amide bonds. The van der Waals surface area contributed by atoms with Crippen molar-refractivity contribution in [3.05, 3.63) is 51.7 Å². The van der Waals surface area contributed by atoms with Crippen LogP contribution >= 0.6 is 11.3 Å². The Bertz CT molecular complexity index is 714. The van der Waals surface area contributed by atoms with Crippen molar-refractivity contribution in [2.45, 2.75) is 33.4 Å². The van der Waals surface area contributed by atoms with E-state index in [4.69, 9.17) is 4.42 Å². The second-order valence-electron chi connectivity index (χ2n) is 4.82. The molecule has 2 aromatic heterocycles. The molecule has 0 radical (unpaired) electrons. The first-order valence-electron chi connectivity index (χ1n) is 6.89. The second-order valence-corrected chi connectivity index (χ2v) is 6.14. The number of nitrogens with zero attached hydrogens (tertiary/aromatic N) is 1. The number of aromatic nitrogens is 1. The first-order chi connectivity index (χ1) is 9.78. The highest BCUT2D eigenvalue weighted by Crippen LogP contribution is 2.26. The van der Waals surface area contributed by atoms with E-state index in [9.17, 15) is 0 Å². The average molecular weight is 286 g/mol. The summed E-state index contributed by atoms with van der Waals surface area (Å²) < 4.78 is 5.90. The summed E-state index contributed by atoms with van der Waals surface area (Å²) in [6.45, 7) is 5.84. The van der Waals surface area contributed by atoms with E-state index in [-0.39, 0.29) is 0 Å². The molecule has 2 heterocycles. The van der Waals surface area contributed by atoms with Gasteiger partial charge in [-0.15, -0.1) is 11.3 Å². The highest BCUT2D eigenvalue weighted by Gasteiger charge is 2.12. The van der Waals surface area contributed by atoms with Gasteiger partial charge >= 0.3 is 0 Å². The van der Waals surface area contributed by atoms with Crippen molar-refractivity contribution in [1.29, 1.82) is 0 Å². The van der Waals surface area contributed by atoms with Gasteiger partial charge < -0.3 is 9.73 Å². The summed E-state index contributed by atoms with van der Waals surface area (Å²) in [6.07, 6.45) is 2.84. The Morgan fingerprint density at radius 1 is 1.25 bits per heavy atom. The van der Waals surface area contributed by atoms with E-state index in [0.717, 1.165) is 35.9 Å². The number of aryl methyl sites for hydroxylation is 2. The molecule has 4 heteroatoms. The van der Waals surface area contributed by atoms with Gasteiger partial charge in [0, 0.05) is 41.5 Å². The Kier molecular flexibility index (Phi) is 3.85. The minimum absolute atomic E-state index is 0.807. The average Bonchev–Trinajstić information content (AvgIpc) is 3.03. The summed E-state index contributed by atoms with van der Waals surface area (Å²) in [5.74, 6) is 1.08. The molecule has 3 aromatic rings. The molecule has 1 aromatic carbocycles. The lowest BCUT2D eigenvalue weighted by Crippen LogP contribution is -2.13. The Morgan fingerprint density at radius 2 is 2.10 bits per heavy atom. The van der Waals surface area contributed by atoms with Crippen LogP contribution in [0.4, 0.5) is 0 Å². The predicted molar refractivity (Wildman–Crippen MR) is 83.0 cm³/mol. The molecule has 0 atom stereocenters. The van der Waals surface area contributed by atoms with Crippen LogP contribution in [0.5, 0.6) is 0 Å². The fraction of sp³-hybridized carbons (Fsp3) is 0.312. The number of rotatable bonds is 5. The van der Waals surface area contributed by atoms with Gasteiger partial charge in [0.05, 0.1) is 0 Å². The number of hydrogen-bond acceptors (Lipinski definition) is 4. The minimum atomic E-state index is 0.807. The van der Waals surface area contributed by atoms with Crippen LogP contribution in [-0.4, -0.2) is 4.98 Å². The lowest BCUT2D eigenvalue weighted by Gasteiger charge is -2.03. The van der Waals surface area contributed by atoms with Gasteiger partial charge in [0.1, 0.15) is 16.4 Å². The Hall–Kier alpha value is -1.65. The van der Waals surface area contributed by atoms with Crippen molar-refractivity contribution in [3.63, 3.8) is 0 Å². The molecule has 104 valence electrons. The Labute approximate surface area is 122 Å². The van der Waals surface area contributed by atoms with Crippen LogP contribution in [0.1, 0.15) is 28.1 Å². The number of furan rings is 1. The van der Waals surface area contributed by atoms with Crippen LogP contribution < -0.4 is 5.32 Å². The van der Waals surface area contributed by atoms with Crippen LogP contribution in [0.15, 0.2) is 34.9 Å². The van der Waals surface area contributed by atoms with Crippen LogP contribution in [-0.2, 0) is 19.5 Å². The maximum absolute atomic E-state index is 5.90. The molecule has 0 aliphatic carbocycles. The van der Waals surface area contributed by atoms with E-state index < -0.39 is 0 Å². The molecule has 3 rings (SSSR count). The summed E-state index contributed by atoms with van der Waals surface area (Å²) in [5, 5.41) is 5.82. The van der Waals surface area contributed by atoms with Crippen LogP contribution in [0.2, 0.25) is 0 Å². The van der Waals surface area contributed by atoms with Crippen LogP contribution in [0.25, 0.3) is 11.0 Å². The Balaban J connectivity index is 1.76. The fourth-order valence-electron chi connectivity index (χ4n) is 2.41. The summed E-state index contributed by atoms with van der Waals surface area (Å²) in [7, 11) is 0. The predicted octanol–water partition coefficient (Wildman–Crippen LogP) is 4.05. The number of para-hydroxylation sites is 1. The molecule has 0 saturated carbocycles. The van der Waals surface area contributed by atoms with Crippen molar-refractivity contribution in [2.24, 2.45) is 0 Å². The van der Waals surface area contributed by atoms with E-state index in [2.05, 4.69) is 36.3 Å². The fourth-order valence-corrected chi connectivity index (χ4v) is 3.16. The summed E-state index contributed by atoms with van der Waals surface area (Å²) in [5.41, 5.74) is 2.25. The van der Waals surface area contributed by atoms with Gasteiger partial charge in [-0.05, 0) is 13.0 Å². The summed E-state index contributed by atoms with van der Waals surface area (Å²) >= 11 is 1.74. The molecule has 0 unspecified atom stereocenters. The molecule has 3 nitrogen and oxygen atoms in total. The third-order valence-corrected chi connectivity index (χ3v) is 4.26. The third-order valence-electron chi connectivity index (χ3n) is 3.35. The standard InChI is InChI=1S/C16H18N2OS/c1-3-14-13(12-6-4-5-7-15(12)19-14)9-17-10-16-18-8-11(2)20-16/h4-8,17H,3,9-10H2,1-2H3.